The van der Waals surface area contributed by atoms with Gasteiger partial charge < -0.3 is 9.88 Å². The number of para-hydroxylation sites is 1. The van der Waals surface area contributed by atoms with E-state index >= 15 is 0 Å². The minimum Gasteiger partial charge on any atom is -0.327 e. The molecule has 1 N–H and O–H groups in total. The number of nitrogens with one attached hydrogen (secondary N) is 1. The van der Waals surface area contributed by atoms with Gasteiger partial charge in [0, 0.05) is 11.9 Å². The van der Waals surface area contributed by atoms with Crippen LogP contribution in [0.15, 0.2) is 34.4 Å². The summed E-state index contributed by atoms with van der Waals surface area (Å²) in [4.78, 5) is 38.5. The van der Waals surface area contributed by atoms with Crippen molar-refractivity contribution in [3.8, 4) is 0 Å². The van der Waals surface area contributed by atoms with E-state index in [-0.39, 0.29) is 17.5 Å². The topological polar surface area (TPSA) is 79.0 Å². The molecule has 1 atom stereocenters. The molecule has 1 saturated heterocycles. The Morgan fingerprint density at radius 3 is 2.96 bits per heavy atom. The van der Waals surface area contributed by atoms with E-state index in [1.165, 1.54) is 11.3 Å². The van der Waals surface area contributed by atoms with Crippen LogP contribution in [0.3, 0.4) is 0 Å². The molecule has 2 aromatic heterocycles. The number of nitrogens with zero attached hydrogens (tertiary/aromatic N) is 3. The number of aromatic nitrogens is 3. The predicted molar refractivity (Wildman–Crippen MR) is 92.2 cm³/mol. The van der Waals surface area contributed by atoms with Crippen molar-refractivity contribution in [2.45, 2.75) is 25.8 Å². The lowest BCUT2D eigenvalue weighted by atomic mass is 10.2. The highest BCUT2D eigenvalue weighted by Crippen LogP contribution is 2.31. The average molecular weight is 340 g/mol. The summed E-state index contributed by atoms with van der Waals surface area (Å²) < 4.78 is 0. The lowest BCUT2D eigenvalue weighted by Gasteiger charge is -2.23. The van der Waals surface area contributed by atoms with Crippen molar-refractivity contribution < 1.29 is 4.79 Å². The second-order valence-electron chi connectivity index (χ2n) is 5.88. The number of thiazole rings is 1. The SMILES string of the molecule is Cc1nc(C(=O)N2CCCC2c2nc3ccccc3c(=O)[nH]2)cs1. The Kier molecular flexibility index (Phi) is 3.65. The molecule has 122 valence electrons. The maximum Gasteiger partial charge on any atom is 0.273 e. The molecule has 3 heterocycles. The van der Waals surface area contributed by atoms with Crippen LogP contribution in [0.1, 0.15) is 40.2 Å². The minimum absolute atomic E-state index is 0.0994. The molecule has 1 fully saturated rings. The molecule has 0 spiro atoms. The molecule has 1 aromatic carbocycles. The number of carbonyl (C=O) groups excluding carboxylic acids is 1. The molecule has 0 saturated carbocycles. The molecule has 4 rings (SSSR count). The predicted octanol–water partition coefficient (Wildman–Crippen LogP) is 2.67. The smallest absolute Gasteiger partial charge is 0.273 e. The van der Waals surface area contributed by atoms with Crippen molar-refractivity contribution in [2.24, 2.45) is 0 Å². The number of likely N-dealkylation sites (tertiary alicyclic amines) is 1. The van der Waals surface area contributed by atoms with Crippen LogP contribution in [-0.4, -0.2) is 32.3 Å². The maximum atomic E-state index is 12.7. The average Bonchev–Trinajstić information content (AvgIpc) is 3.23. The van der Waals surface area contributed by atoms with Crippen molar-refractivity contribution in [3.05, 3.63) is 56.5 Å². The van der Waals surface area contributed by atoms with Gasteiger partial charge in [-0.15, -0.1) is 11.3 Å². The van der Waals surface area contributed by atoms with Gasteiger partial charge in [-0.05, 0) is 31.9 Å². The fourth-order valence-electron chi connectivity index (χ4n) is 3.17. The van der Waals surface area contributed by atoms with Crippen LogP contribution >= 0.6 is 11.3 Å². The van der Waals surface area contributed by atoms with Crippen molar-refractivity contribution in [2.75, 3.05) is 6.54 Å². The van der Waals surface area contributed by atoms with Gasteiger partial charge in [0.1, 0.15) is 11.5 Å². The highest BCUT2D eigenvalue weighted by Gasteiger charge is 2.33. The van der Waals surface area contributed by atoms with Crippen LogP contribution in [0.4, 0.5) is 0 Å². The number of aromatic amines is 1. The van der Waals surface area contributed by atoms with Gasteiger partial charge in [0.05, 0.1) is 22.0 Å². The van der Waals surface area contributed by atoms with Crippen LogP contribution in [0.25, 0.3) is 10.9 Å². The van der Waals surface area contributed by atoms with Gasteiger partial charge in [0.15, 0.2) is 0 Å². The molecule has 24 heavy (non-hydrogen) atoms. The van der Waals surface area contributed by atoms with Crippen molar-refractivity contribution >= 4 is 28.1 Å². The molecule has 1 unspecified atom stereocenters. The third kappa shape index (κ3) is 2.50. The third-order valence-electron chi connectivity index (χ3n) is 4.30. The second-order valence-corrected chi connectivity index (χ2v) is 6.94. The van der Waals surface area contributed by atoms with Crippen LogP contribution in [0.5, 0.6) is 0 Å². The van der Waals surface area contributed by atoms with Crippen molar-refractivity contribution in [3.63, 3.8) is 0 Å². The van der Waals surface area contributed by atoms with Gasteiger partial charge in [0.25, 0.3) is 11.5 Å². The third-order valence-corrected chi connectivity index (χ3v) is 5.07. The van der Waals surface area contributed by atoms with E-state index in [1.54, 1.807) is 16.3 Å². The van der Waals surface area contributed by atoms with E-state index in [1.807, 2.05) is 25.1 Å². The summed E-state index contributed by atoms with van der Waals surface area (Å²) in [7, 11) is 0. The summed E-state index contributed by atoms with van der Waals surface area (Å²) in [6.45, 7) is 2.53. The first-order valence-corrected chi connectivity index (χ1v) is 8.73. The lowest BCUT2D eigenvalue weighted by Crippen LogP contribution is -2.32. The van der Waals surface area contributed by atoms with Crippen LogP contribution in [0, 0.1) is 6.92 Å². The largest absolute Gasteiger partial charge is 0.327 e. The summed E-state index contributed by atoms with van der Waals surface area (Å²) in [5.41, 5.74) is 0.951. The monoisotopic (exact) mass is 340 g/mol. The zero-order valence-corrected chi connectivity index (χ0v) is 14.0. The highest BCUT2D eigenvalue weighted by molar-refractivity contribution is 7.09. The van der Waals surface area contributed by atoms with Gasteiger partial charge in [0.2, 0.25) is 0 Å². The van der Waals surface area contributed by atoms with E-state index in [0.29, 0.717) is 29.0 Å². The van der Waals surface area contributed by atoms with E-state index in [0.717, 1.165) is 17.8 Å². The number of hydrogen-bond donors (Lipinski definition) is 1. The number of rotatable bonds is 2. The van der Waals surface area contributed by atoms with Gasteiger partial charge in [-0.1, -0.05) is 12.1 Å². The first-order chi connectivity index (χ1) is 11.6. The summed E-state index contributed by atoms with van der Waals surface area (Å²) >= 11 is 1.46. The molecular weight excluding hydrogens is 324 g/mol. The number of amides is 1. The molecule has 1 aliphatic rings. The number of aryl methyl sites for hydroxylation is 1. The normalized spacial score (nSPS) is 17.5. The number of benzene rings is 1. The Balaban J connectivity index is 1.72. The molecule has 1 amide bonds. The Hall–Kier alpha value is -2.54. The minimum atomic E-state index is -0.211. The van der Waals surface area contributed by atoms with E-state index < -0.39 is 0 Å². The highest BCUT2D eigenvalue weighted by atomic mass is 32.1. The summed E-state index contributed by atoms with van der Waals surface area (Å²) in [6.07, 6.45) is 1.67. The molecule has 6 nitrogen and oxygen atoms in total. The second kappa shape index (κ2) is 5.83. The fourth-order valence-corrected chi connectivity index (χ4v) is 3.75. The zero-order chi connectivity index (χ0) is 16.7. The van der Waals surface area contributed by atoms with E-state index in [9.17, 15) is 9.59 Å². The quantitative estimate of drug-likeness (QED) is 0.778. The standard InChI is InChI=1S/C17H16N4O2S/c1-10-18-13(9-24-10)17(23)21-8-4-7-14(21)15-19-12-6-3-2-5-11(12)16(22)20-15/h2-3,5-6,9,14H,4,7-8H2,1H3,(H,19,20,22). The van der Waals surface area contributed by atoms with E-state index in [4.69, 9.17) is 0 Å². The number of hydrogen-bond acceptors (Lipinski definition) is 5. The lowest BCUT2D eigenvalue weighted by molar-refractivity contribution is 0.0724. The summed E-state index contributed by atoms with van der Waals surface area (Å²) in [5.74, 6) is 0.453. The molecule has 0 aliphatic carbocycles. The Bertz CT molecular complexity index is 978. The number of carbonyl (C=O) groups is 1. The van der Waals surface area contributed by atoms with Crippen molar-refractivity contribution in [1.82, 2.24) is 19.9 Å². The molecule has 0 radical (unpaired) electrons. The molecule has 1 aliphatic heterocycles. The van der Waals surface area contributed by atoms with Crippen LogP contribution < -0.4 is 5.56 Å². The van der Waals surface area contributed by atoms with Crippen LogP contribution in [-0.2, 0) is 0 Å². The Labute approximate surface area is 142 Å². The first-order valence-electron chi connectivity index (χ1n) is 7.85. The Morgan fingerprint density at radius 2 is 2.17 bits per heavy atom. The van der Waals surface area contributed by atoms with E-state index in [2.05, 4.69) is 15.0 Å². The molecular formula is C17H16N4O2S. The number of fused-ring (bicyclic) bond motifs is 1. The van der Waals surface area contributed by atoms with Gasteiger partial charge in [-0.3, -0.25) is 9.59 Å². The Morgan fingerprint density at radius 1 is 1.33 bits per heavy atom. The zero-order valence-electron chi connectivity index (χ0n) is 13.2. The fraction of sp³-hybridized carbons (Fsp3) is 0.294. The van der Waals surface area contributed by atoms with Gasteiger partial charge in [-0.25, -0.2) is 9.97 Å². The van der Waals surface area contributed by atoms with Gasteiger partial charge in [-0.2, -0.15) is 0 Å². The molecule has 0 bridgehead atoms. The number of H-pyrrole nitrogens is 1. The summed E-state index contributed by atoms with van der Waals surface area (Å²) in [6, 6.07) is 7.03. The maximum absolute atomic E-state index is 12.7. The molecule has 7 heteroatoms. The first kappa shape index (κ1) is 15.0. The van der Waals surface area contributed by atoms with Gasteiger partial charge >= 0.3 is 0 Å². The summed E-state index contributed by atoms with van der Waals surface area (Å²) in [5, 5.41) is 3.21. The van der Waals surface area contributed by atoms with Crippen LogP contribution in [0.2, 0.25) is 0 Å². The molecule has 3 aromatic rings. The van der Waals surface area contributed by atoms with Crippen molar-refractivity contribution in [1.29, 1.82) is 0 Å².